The molecular weight excluding hydrogens is 228 g/mol. The van der Waals surface area contributed by atoms with Gasteiger partial charge in [-0.3, -0.25) is 4.98 Å². The summed E-state index contributed by atoms with van der Waals surface area (Å²) in [5.41, 5.74) is 9.83. The first-order chi connectivity index (χ1) is 8.68. The minimum atomic E-state index is 0.549. The largest absolute Gasteiger partial charge is 0.398 e. The molecule has 1 aliphatic rings. The number of pyridine rings is 1. The smallest absolute Gasteiger partial charge is 0.0891 e. The number of rotatable bonds is 4. The van der Waals surface area contributed by atoms with Crippen LogP contribution in [0.4, 0.5) is 5.69 Å². The molecular formula is C14H22N2O2. The molecule has 0 spiro atoms. The van der Waals surface area contributed by atoms with Crippen molar-refractivity contribution in [1.82, 2.24) is 4.98 Å². The van der Waals surface area contributed by atoms with Crippen LogP contribution in [0.3, 0.4) is 0 Å². The van der Waals surface area contributed by atoms with E-state index in [0.29, 0.717) is 12.5 Å². The number of hydrogen-bond acceptors (Lipinski definition) is 4. The van der Waals surface area contributed by atoms with E-state index in [4.69, 9.17) is 15.2 Å². The summed E-state index contributed by atoms with van der Waals surface area (Å²) in [5.74, 6) is 0.627. The van der Waals surface area contributed by atoms with Crippen molar-refractivity contribution in [2.75, 3.05) is 25.6 Å². The zero-order valence-corrected chi connectivity index (χ0v) is 11.2. The summed E-state index contributed by atoms with van der Waals surface area (Å²) in [6.07, 6.45) is 4.01. The normalized spacial score (nSPS) is 17.0. The summed E-state index contributed by atoms with van der Waals surface area (Å²) in [6, 6.07) is 0. The van der Waals surface area contributed by atoms with Gasteiger partial charge in [0, 0.05) is 25.1 Å². The second-order valence-electron chi connectivity index (χ2n) is 5.00. The molecule has 2 N–H and O–H groups in total. The Bertz CT molecular complexity index is 401. The van der Waals surface area contributed by atoms with Crippen LogP contribution in [-0.2, 0) is 16.1 Å². The van der Waals surface area contributed by atoms with Crippen LogP contribution in [0, 0.1) is 19.8 Å². The summed E-state index contributed by atoms with van der Waals surface area (Å²) in [5, 5.41) is 0. The number of aromatic nitrogens is 1. The van der Waals surface area contributed by atoms with Crippen molar-refractivity contribution in [1.29, 1.82) is 0 Å². The summed E-state index contributed by atoms with van der Waals surface area (Å²) < 4.78 is 11.1. The molecule has 4 heteroatoms. The number of nitrogens with two attached hydrogens (primary N) is 1. The lowest BCUT2D eigenvalue weighted by Gasteiger charge is -2.21. The molecule has 4 nitrogen and oxygen atoms in total. The molecule has 0 atom stereocenters. The summed E-state index contributed by atoms with van der Waals surface area (Å²) in [6.45, 7) is 7.04. The molecule has 0 aromatic carbocycles. The van der Waals surface area contributed by atoms with Crippen molar-refractivity contribution >= 4 is 5.69 Å². The number of aryl methyl sites for hydroxylation is 1. The van der Waals surface area contributed by atoms with Crippen molar-refractivity contribution in [3.63, 3.8) is 0 Å². The average molecular weight is 250 g/mol. The van der Waals surface area contributed by atoms with Gasteiger partial charge in [-0.2, -0.15) is 0 Å². The summed E-state index contributed by atoms with van der Waals surface area (Å²) in [7, 11) is 0. The van der Waals surface area contributed by atoms with Gasteiger partial charge in [-0.05, 0) is 43.7 Å². The number of anilines is 1. The minimum absolute atomic E-state index is 0.549. The van der Waals surface area contributed by atoms with Crippen LogP contribution in [0.1, 0.15) is 29.7 Å². The third-order valence-corrected chi connectivity index (χ3v) is 3.61. The van der Waals surface area contributed by atoms with Gasteiger partial charge < -0.3 is 15.2 Å². The second kappa shape index (κ2) is 6.16. The summed E-state index contributed by atoms with van der Waals surface area (Å²) in [4.78, 5) is 4.39. The van der Waals surface area contributed by atoms with E-state index in [9.17, 15) is 0 Å². The topological polar surface area (TPSA) is 57.4 Å². The van der Waals surface area contributed by atoms with Gasteiger partial charge in [0.15, 0.2) is 0 Å². The van der Waals surface area contributed by atoms with E-state index in [1.54, 1.807) is 0 Å². The van der Waals surface area contributed by atoms with Crippen LogP contribution in [-0.4, -0.2) is 24.8 Å². The maximum Gasteiger partial charge on any atom is 0.0891 e. The molecule has 1 aromatic rings. The quantitative estimate of drug-likeness (QED) is 0.890. The van der Waals surface area contributed by atoms with Gasteiger partial charge in [-0.25, -0.2) is 0 Å². The molecule has 1 aromatic heterocycles. The van der Waals surface area contributed by atoms with Gasteiger partial charge >= 0.3 is 0 Å². The highest BCUT2D eigenvalue weighted by molar-refractivity contribution is 5.53. The third-order valence-electron chi connectivity index (χ3n) is 3.61. The van der Waals surface area contributed by atoms with Crippen LogP contribution in [0.5, 0.6) is 0 Å². The van der Waals surface area contributed by atoms with Crippen LogP contribution in [0.15, 0.2) is 6.20 Å². The maximum atomic E-state index is 5.99. The van der Waals surface area contributed by atoms with Crippen molar-refractivity contribution in [3.05, 3.63) is 23.0 Å². The number of nitrogen functional groups attached to an aromatic ring is 1. The predicted octanol–water partition coefficient (Wildman–Crippen LogP) is 2.22. The Balaban J connectivity index is 1.84. The lowest BCUT2D eigenvalue weighted by Crippen LogP contribution is -2.20. The first-order valence-corrected chi connectivity index (χ1v) is 6.54. The van der Waals surface area contributed by atoms with Gasteiger partial charge in [0.1, 0.15) is 0 Å². The third kappa shape index (κ3) is 3.21. The molecule has 0 radical (unpaired) electrons. The van der Waals surface area contributed by atoms with Gasteiger partial charge in [0.05, 0.1) is 18.9 Å². The fourth-order valence-corrected chi connectivity index (χ4v) is 2.17. The highest BCUT2D eigenvalue weighted by Gasteiger charge is 2.14. The Hall–Kier alpha value is -1.13. The zero-order chi connectivity index (χ0) is 13.0. The molecule has 18 heavy (non-hydrogen) atoms. The molecule has 1 aliphatic heterocycles. The molecule has 1 saturated heterocycles. The average Bonchev–Trinajstić information content (AvgIpc) is 2.40. The highest BCUT2D eigenvalue weighted by atomic mass is 16.5. The van der Waals surface area contributed by atoms with E-state index in [2.05, 4.69) is 4.98 Å². The Morgan fingerprint density at radius 3 is 2.83 bits per heavy atom. The molecule has 2 rings (SSSR count). The lowest BCUT2D eigenvalue weighted by atomic mass is 10.0. The van der Waals surface area contributed by atoms with Gasteiger partial charge in [-0.15, -0.1) is 0 Å². The second-order valence-corrected chi connectivity index (χ2v) is 5.00. The van der Waals surface area contributed by atoms with E-state index in [-0.39, 0.29) is 0 Å². The molecule has 0 bridgehead atoms. The first-order valence-electron chi connectivity index (χ1n) is 6.54. The SMILES string of the molecule is Cc1cnc(COCC2CCOCC2)c(C)c1N. The molecule has 0 amide bonds. The van der Waals surface area contributed by atoms with Crippen LogP contribution >= 0.6 is 0 Å². The van der Waals surface area contributed by atoms with E-state index in [1.165, 1.54) is 0 Å². The molecule has 0 saturated carbocycles. The van der Waals surface area contributed by atoms with Crippen molar-refractivity contribution in [3.8, 4) is 0 Å². The monoisotopic (exact) mass is 250 g/mol. The van der Waals surface area contributed by atoms with Crippen LogP contribution in [0.2, 0.25) is 0 Å². The number of hydrogen-bond donors (Lipinski definition) is 1. The highest BCUT2D eigenvalue weighted by Crippen LogP contribution is 2.20. The standard InChI is InChI=1S/C14H22N2O2/c1-10-7-16-13(11(2)14(10)15)9-18-8-12-3-5-17-6-4-12/h7,12H,3-6,8-9H2,1-2H3,(H2,15,16). The van der Waals surface area contributed by atoms with Crippen LogP contribution in [0.25, 0.3) is 0 Å². The molecule has 100 valence electrons. The molecule has 1 fully saturated rings. The Labute approximate surface area is 108 Å². The van der Waals surface area contributed by atoms with E-state index in [1.807, 2.05) is 20.0 Å². The molecule has 0 unspecified atom stereocenters. The first kappa shape index (κ1) is 13.3. The van der Waals surface area contributed by atoms with Crippen LogP contribution < -0.4 is 5.73 Å². The Morgan fingerprint density at radius 2 is 2.11 bits per heavy atom. The van der Waals surface area contributed by atoms with Crippen molar-refractivity contribution < 1.29 is 9.47 Å². The predicted molar refractivity (Wildman–Crippen MR) is 71.3 cm³/mol. The van der Waals surface area contributed by atoms with E-state index in [0.717, 1.165) is 55.2 Å². The van der Waals surface area contributed by atoms with E-state index >= 15 is 0 Å². The Kier molecular flexibility index (Phi) is 4.55. The fraction of sp³-hybridized carbons (Fsp3) is 0.643. The van der Waals surface area contributed by atoms with Gasteiger partial charge in [-0.1, -0.05) is 0 Å². The number of nitrogens with zero attached hydrogens (tertiary/aromatic N) is 1. The van der Waals surface area contributed by atoms with E-state index < -0.39 is 0 Å². The lowest BCUT2D eigenvalue weighted by molar-refractivity contribution is 0.0149. The number of ether oxygens (including phenoxy) is 2. The summed E-state index contributed by atoms with van der Waals surface area (Å²) >= 11 is 0. The zero-order valence-electron chi connectivity index (χ0n) is 11.2. The van der Waals surface area contributed by atoms with Crippen molar-refractivity contribution in [2.24, 2.45) is 5.92 Å². The van der Waals surface area contributed by atoms with Gasteiger partial charge in [0.2, 0.25) is 0 Å². The maximum absolute atomic E-state index is 5.99. The molecule has 2 heterocycles. The van der Waals surface area contributed by atoms with Gasteiger partial charge in [0.25, 0.3) is 0 Å². The fourth-order valence-electron chi connectivity index (χ4n) is 2.17. The Morgan fingerprint density at radius 1 is 1.39 bits per heavy atom. The molecule has 0 aliphatic carbocycles. The van der Waals surface area contributed by atoms with Crippen molar-refractivity contribution in [2.45, 2.75) is 33.3 Å². The minimum Gasteiger partial charge on any atom is -0.398 e.